The smallest absolute Gasteiger partial charge is 0.313 e. The first-order chi connectivity index (χ1) is 15.2. The minimum atomic E-state index is -0.792. The first-order valence-electron chi connectivity index (χ1n) is 11.4. The highest BCUT2D eigenvalue weighted by atomic mass is 16.6. The summed E-state index contributed by atoms with van der Waals surface area (Å²) in [4.78, 5) is 37.7. The molecule has 1 aromatic rings. The Kier molecular flexibility index (Phi) is 4.93. The SMILES string of the molecule is CC(=O)OC[C@@]12[C@H](OC(C)=O)C[C@@H](C)[C@]3(C[C@@H](c4ccoc4)OC3=O)[C@@H]1CCC[C@@]21CO1. The zero-order valence-corrected chi connectivity index (χ0v) is 18.8. The standard InChI is InChI=1S/C24H30O8/c1-14-9-20(31-16(3)26)24(13-29-15(2)25)19(5-4-7-22(24)12-30-22)23(14)10-18(32-21(23)27)17-6-8-28-11-17/h6,8,11,14,18-20H,4-5,7,9-10,12-13H2,1-3H3/t14-,18+,19+,20-,22-,23-,24+/m1/s1. The van der Waals surface area contributed by atoms with Crippen LogP contribution in [0.1, 0.15) is 64.5 Å². The molecule has 5 rings (SSSR count). The molecule has 8 nitrogen and oxygen atoms in total. The normalized spacial score (nSPS) is 42.4. The molecular formula is C24H30O8. The number of carbonyl (C=O) groups is 3. The largest absolute Gasteiger partial charge is 0.472 e. The third-order valence-electron chi connectivity index (χ3n) is 8.57. The van der Waals surface area contributed by atoms with E-state index < -0.39 is 34.6 Å². The second kappa shape index (κ2) is 7.33. The predicted octanol–water partition coefficient (Wildman–Crippen LogP) is 3.34. The third-order valence-corrected chi connectivity index (χ3v) is 8.57. The maximum absolute atomic E-state index is 13.7. The number of carbonyl (C=O) groups excluding carboxylic acids is 3. The van der Waals surface area contributed by atoms with E-state index in [1.54, 1.807) is 12.5 Å². The van der Waals surface area contributed by atoms with Gasteiger partial charge < -0.3 is 23.4 Å². The van der Waals surface area contributed by atoms with E-state index in [4.69, 9.17) is 23.4 Å². The number of fused-ring (bicyclic) bond motifs is 3. The molecule has 1 aromatic heterocycles. The molecule has 0 radical (unpaired) electrons. The maximum atomic E-state index is 13.7. The molecule has 2 saturated heterocycles. The van der Waals surface area contributed by atoms with Crippen LogP contribution in [0.4, 0.5) is 0 Å². The van der Waals surface area contributed by atoms with E-state index in [1.807, 2.05) is 13.0 Å². The Bertz CT molecular complexity index is 918. The molecule has 2 aliphatic carbocycles. The number of rotatable bonds is 4. The van der Waals surface area contributed by atoms with Gasteiger partial charge in [-0.1, -0.05) is 13.3 Å². The third kappa shape index (κ3) is 2.87. The molecule has 2 aliphatic heterocycles. The summed E-state index contributed by atoms with van der Waals surface area (Å²) >= 11 is 0. The Hall–Kier alpha value is -2.35. The summed E-state index contributed by atoms with van der Waals surface area (Å²) in [5, 5.41) is 0. The molecule has 4 fully saturated rings. The van der Waals surface area contributed by atoms with Crippen molar-refractivity contribution < 1.29 is 37.7 Å². The van der Waals surface area contributed by atoms with Gasteiger partial charge in [-0.15, -0.1) is 0 Å². The second-order valence-electron chi connectivity index (χ2n) is 9.98. The van der Waals surface area contributed by atoms with Gasteiger partial charge in [-0.25, -0.2) is 0 Å². The van der Waals surface area contributed by atoms with E-state index in [-0.39, 0.29) is 30.4 Å². The van der Waals surface area contributed by atoms with Crippen LogP contribution in [0, 0.1) is 22.7 Å². The van der Waals surface area contributed by atoms with Gasteiger partial charge in [0, 0.05) is 25.8 Å². The van der Waals surface area contributed by atoms with Crippen molar-refractivity contribution in [2.75, 3.05) is 13.2 Å². The van der Waals surface area contributed by atoms with Crippen molar-refractivity contribution >= 4 is 17.9 Å². The lowest BCUT2D eigenvalue weighted by molar-refractivity contribution is -0.228. The second-order valence-corrected chi connectivity index (χ2v) is 9.98. The molecule has 0 amide bonds. The van der Waals surface area contributed by atoms with Crippen molar-refractivity contribution in [1.82, 2.24) is 0 Å². The predicted molar refractivity (Wildman–Crippen MR) is 109 cm³/mol. The minimum absolute atomic E-state index is 0.0586. The van der Waals surface area contributed by atoms with E-state index in [2.05, 4.69) is 0 Å². The minimum Gasteiger partial charge on any atom is -0.472 e. The Morgan fingerprint density at radius 2 is 2.03 bits per heavy atom. The van der Waals surface area contributed by atoms with Crippen molar-refractivity contribution in [2.24, 2.45) is 22.7 Å². The molecular weight excluding hydrogens is 416 g/mol. The summed E-state index contributed by atoms with van der Waals surface area (Å²) in [7, 11) is 0. The molecule has 174 valence electrons. The summed E-state index contributed by atoms with van der Waals surface area (Å²) in [5.41, 5.74) is -1.30. The lowest BCUT2D eigenvalue weighted by Gasteiger charge is -2.61. The molecule has 4 aliphatic rings. The number of epoxide rings is 1. The maximum Gasteiger partial charge on any atom is 0.313 e. The number of hydrogen-bond donors (Lipinski definition) is 0. The van der Waals surface area contributed by atoms with Crippen LogP contribution in [0.15, 0.2) is 23.0 Å². The van der Waals surface area contributed by atoms with Crippen LogP contribution >= 0.6 is 0 Å². The van der Waals surface area contributed by atoms with Crippen LogP contribution in [0.5, 0.6) is 0 Å². The average molecular weight is 446 g/mol. The van der Waals surface area contributed by atoms with Gasteiger partial charge in [0.1, 0.15) is 24.4 Å². The van der Waals surface area contributed by atoms with Gasteiger partial charge >= 0.3 is 17.9 Å². The van der Waals surface area contributed by atoms with Gasteiger partial charge in [0.15, 0.2) is 0 Å². The molecule has 7 atom stereocenters. The Morgan fingerprint density at radius 3 is 2.66 bits per heavy atom. The van der Waals surface area contributed by atoms with Crippen LogP contribution in [-0.4, -0.2) is 42.8 Å². The van der Waals surface area contributed by atoms with Crippen LogP contribution < -0.4 is 0 Å². The number of cyclic esters (lactones) is 1. The van der Waals surface area contributed by atoms with Crippen molar-refractivity contribution in [3.8, 4) is 0 Å². The van der Waals surface area contributed by atoms with Gasteiger partial charge in [0.25, 0.3) is 0 Å². The Morgan fingerprint density at radius 1 is 1.25 bits per heavy atom. The zero-order valence-electron chi connectivity index (χ0n) is 18.8. The summed E-state index contributed by atoms with van der Waals surface area (Å²) < 4.78 is 28.8. The number of ether oxygens (including phenoxy) is 4. The molecule has 3 heterocycles. The molecule has 0 aromatic carbocycles. The summed E-state index contributed by atoms with van der Waals surface area (Å²) in [6.07, 6.45) is 5.72. The molecule has 8 heteroatoms. The van der Waals surface area contributed by atoms with E-state index in [1.165, 1.54) is 13.8 Å². The van der Waals surface area contributed by atoms with E-state index in [0.717, 1.165) is 24.8 Å². The molecule has 2 saturated carbocycles. The van der Waals surface area contributed by atoms with Gasteiger partial charge in [-0.2, -0.15) is 0 Å². The van der Waals surface area contributed by atoms with Crippen LogP contribution in [0.25, 0.3) is 0 Å². The van der Waals surface area contributed by atoms with Crippen molar-refractivity contribution in [1.29, 1.82) is 0 Å². The van der Waals surface area contributed by atoms with Crippen LogP contribution in [-0.2, 0) is 33.3 Å². The van der Waals surface area contributed by atoms with Crippen LogP contribution in [0.2, 0.25) is 0 Å². The number of furan rings is 1. The van der Waals surface area contributed by atoms with Crippen molar-refractivity contribution in [2.45, 2.75) is 70.7 Å². The number of esters is 3. The average Bonchev–Trinajstić information content (AvgIpc) is 3.16. The van der Waals surface area contributed by atoms with E-state index in [9.17, 15) is 14.4 Å². The first-order valence-corrected chi connectivity index (χ1v) is 11.4. The Balaban J connectivity index is 1.62. The highest BCUT2D eigenvalue weighted by molar-refractivity contribution is 5.81. The van der Waals surface area contributed by atoms with Gasteiger partial charge in [0.2, 0.25) is 0 Å². The van der Waals surface area contributed by atoms with Gasteiger partial charge in [-0.3, -0.25) is 14.4 Å². The summed E-state index contributed by atoms with van der Waals surface area (Å²) in [6.45, 7) is 5.37. The fourth-order valence-electron chi connectivity index (χ4n) is 7.12. The van der Waals surface area contributed by atoms with Crippen molar-refractivity contribution in [3.05, 3.63) is 24.2 Å². The summed E-state index contributed by atoms with van der Waals surface area (Å²) in [6, 6.07) is 1.82. The van der Waals surface area contributed by atoms with Crippen LogP contribution in [0.3, 0.4) is 0 Å². The quantitative estimate of drug-likeness (QED) is 0.394. The van der Waals surface area contributed by atoms with Crippen molar-refractivity contribution in [3.63, 3.8) is 0 Å². The fourth-order valence-corrected chi connectivity index (χ4v) is 7.12. The van der Waals surface area contributed by atoms with Gasteiger partial charge in [-0.05, 0) is 37.2 Å². The number of hydrogen-bond acceptors (Lipinski definition) is 8. The fraction of sp³-hybridized carbons (Fsp3) is 0.708. The molecule has 0 N–H and O–H groups in total. The Labute approximate surface area is 186 Å². The lowest BCUT2D eigenvalue weighted by Crippen LogP contribution is -2.68. The molecule has 2 spiro atoms. The molecule has 0 unspecified atom stereocenters. The lowest BCUT2D eigenvalue weighted by atomic mass is 9.42. The topological polar surface area (TPSA) is 105 Å². The molecule has 0 bridgehead atoms. The van der Waals surface area contributed by atoms with Gasteiger partial charge in [0.05, 0.1) is 30.0 Å². The van der Waals surface area contributed by atoms with E-state index in [0.29, 0.717) is 19.4 Å². The summed E-state index contributed by atoms with van der Waals surface area (Å²) in [5.74, 6) is -1.30. The monoisotopic (exact) mass is 446 g/mol. The van der Waals surface area contributed by atoms with E-state index >= 15 is 0 Å². The highest BCUT2D eigenvalue weighted by Crippen LogP contribution is 2.71. The first kappa shape index (κ1) is 21.5. The highest BCUT2D eigenvalue weighted by Gasteiger charge is 2.78. The zero-order chi connectivity index (χ0) is 22.7. The molecule has 32 heavy (non-hydrogen) atoms.